The molecule has 0 saturated heterocycles. The van der Waals surface area contributed by atoms with E-state index in [9.17, 15) is 14.9 Å². The Kier molecular flexibility index (Phi) is 4.54. The molecule has 0 bridgehead atoms. The Labute approximate surface area is 126 Å². The van der Waals surface area contributed by atoms with Crippen LogP contribution in [0.25, 0.3) is 0 Å². The van der Waals surface area contributed by atoms with Crippen LogP contribution >= 0.6 is 11.3 Å². The first-order chi connectivity index (χ1) is 10.0. The van der Waals surface area contributed by atoms with Gasteiger partial charge in [-0.1, -0.05) is 6.07 Å². The van der Waals surface area contributed by atoms with E-state index in [0.717, 1.165) is 4.88 Å². The van der Waals surface area contributed by atoms with E-state index in [1.165, 1.54) is 18.2 Å². The van der Waals surface area contributed by atoms with Crippen molar-refractivity contribution in [3.63, 3.8) is 0 Å². The predicted octanol–water partition coefficient (Wildman–Crippen LogP) is 3.19. The van der Waals surface area contributed by atoms with Gasteiger partial charge in [-0.05, 0) is 24.4 Å². The first-order valence-electron chi connectivity index (χ1n) is 6.33. The van der Waals surface area contributed by atoms with E-state index in [1.54, 1.807) is 18.4 Å². The number of nitrogens with one attached hydrogen (secondary N) is 2. The van der Waals surface area contributed by atoms with E-state index >= 15 is 0 Å². The molecule has 0 aliphatic heterocycles. The summed E-state index contributed by atoms with van der Waals surface area (Å²) in [5, 5.41) is 18.5. The second kappa shape index (κ2) is 6.36. The summed E-state index contributed by atoms with van der Waals surface area (Å²) in [4.78, 5) is 23.7. The SMILES string of the molecule is CNc1ccc([N+](=O)[O-])cc1C(=O)NC(C)c1cccs1. The van der Waals surface area contributed by atoms with Gasteiger partial charge in [0, 0.05) is 29.7 Å². The van der Waals surface area contributed by atoms with Crippen LogP contribution in [0.15, 0.2) is 35.7 Å². The molecule has 0 spiro atoms. The molecule has 2 rings (SSSR count). The summed E-state index contributed by atoms with van der Waals surface area (Å²) in [6.07, 6.45) is 0. The van der Waals surface area contributed by atoms with Crippen molar-refractivity contribution in [3.05, 3.63) is 56.3 Å². The minimum Gasteiger partial charge on any atom is -0.387 e. The third kappa shape index (κ3) is 3.38. The van der Waals surface area contributed by atoms with Crippen LogP contribution in [0.2, 0.25) is 0 Å². The largest absolute Gasteiger partial charge is 0.387 e. The number of carbonyl (C=O) groups excluding carboxylic acids is 1. The molecule has 1 unspecified atom stereocenters. The van der Waals surface area contributed by atoms with Crippen molar-refractivity contribution in [1.29, 1.82) is 0 Å². The molecule has 0 aliphatic carbocycles. The Morgan fingerprint density at radius 1 is 1.38 bits per heavy atom. The van der Waals surface area contributed by atoms with E-state index in [1.807, 2.05) is 24.4 Å². The number of rotatable bonds is 5. The summed E-state index contributed by atoms with van der Waals surface area (Å²) in [6.45, 7) is 1.88. The lowest BCUT2D eigenvalue weighted by molar-refractivity contribution is -0.384. The summed E-state index contributed by atoms with van der Waals surface area (Å²) < 4.78 is 0. The van der Waals surface area contributed by atoms with Gasteiger partial charge in [-0.25, -0.2) is 0 Å². The Bertz CT molecular complexity index is 655. The van der Waals surface area contributed by atoms with Crippen molar-refractivity contribution in [3.8, 4) is 0 Å². The molecule has 1 amide bonds. The molecule has 6 nitrogen and oxygen atoms in total. The predicted molar refractivity (Wildman–Crippen MR) is 82.8 cm³/mol. The van der Waals surface area contributed by atoms with Crippen LogP contribution in [0.3, 0.4) is 0 Å². The highest BCUT2D eigenvalue weighted by Crippen LogP contribution is 2.24. The van der Waals surface area contributed by atoms with Gasteiger partial charge in [-0.3, -0.25) is 14.9 Å². The van der Waals surface area contributed by atoms with Gasteiger partial charge in [0.25, 0.3) is 11.6 Å². The van der Waals surface area contributed by atoms with Crippen LogP contribution in [0.1, 0.15) is 28.2 Å². The van der Waals surface area contributed by atoms with Crippen molar-refractivity contribution < 1.29 is 9.72 Å². The zero-order valence-corrected chi connectivity index (χ0v) is 12.4. The van der Waals surface area contributed by atoms with Crippen LogP contribution in [0.5, 0.6) is 0 Å². The lowest BCUT2D eigenvalue weighted by Gasteiger charge is -2.14. The summed E-state index contributed by atoms with van der Waals surface area (Å²) in [7, 11) is 1.67. The molecular weight excluding hydrogens is 290 g/mol. The second-order valence-electron chi connectivity index (χ2n) is 4.45. The fraction of sp³-hybridized carbons (Fsp3) is 0.214. The van der Waals surface area contributed by atoms with Gasteiger partial charge in [0.2, 0.25) is 0 Å². The molecule has 1 aromatic heterocycles. The Morgan fingerprint density at radius 2 is 2.14 bits per heavy atom. The number of anilines is 1. The topological polar surface area (TPSA) is 84.3 Å². The van der Waals surface area contributed by atoms with E-state index in [4.69, 9.17) is 0 Å². The maximum atomic E-state index is 12.3. The van der Waals surface area contributed by atoms with Gasteiger partial charge in [0.15, 0.2) is 0 Å². The fourth-order valence-corrected chi connectivity index (χ4v) is 2.67. The van der Waals surface area contributed by atoms with E-state index in [0.29, 0.717) is 5.69 Å². The van der Waals surface area contributed by atoms with Crippen LogP contribution in [0, 0.1) is 10.1 Å². The molecule has 0 radical (unpaired) electrons. The highest BCUT2D eigenvalue weighted by Gasteiger charge is 2.18. The van der Waals surface area contributed by atoms with Crippen molar-refractivity contribution in [2.75, 3.05) is 12.4 Å². The number of amides is 1. The first kappa shape index (κ1) is 15.0. The maximum absolute atomic E-state index is 12.3. The zero-order valence-electron chi connectivity index (χ0n) is 11.6. The third-order valence-corrected chi connectivity index (χ3v) is 4.10. The molecule has 0 aliphatic rings. The molecule has 2 N–H and O–H groups in total. The summed E-state index contributed by atoms with van der Waals surface area (Å²) in [6, 6.07) is 7.87. The summed E-state index contributed by atoms with van der Waals surface area (Å²) >= 11 is 1.55. The van der Waals surface area contributed by atoms with Crippen molar-refractivity contribution in [1.82, 2.24) is 5.32 Å². The van der Waals surface area contributed by atoms with E-state index < -0.39 is 4.92 Å². The molecule has 1 atom stereocenters. The highest BCUT2D eigenvalue weighted by molar-refractivity contribution is 7.10. The molecule has 110 valence electrons. The average molecular weight is 305 g/mol. The lowest BCUT2D eigenvalue weighted by atomic mass is 10.1. The van der Waals surface area contributed by atoms with Gasteiger partial charge >= 0.3 is 0 Å². The number of nitrogens with zero attached hydrogens (tertiary/aromatic N) is 1. The smallest absolute Gasteiger partial charge is 0.270 e. The van der Waals surface area contributed by atoms with Crippen LogP contribution in [0.4, 0.5) is 11.4 Å². The first-order valence-corrected chi connectivity index (χ1v) is 7.21. The second-order valence-corrected chi connectivity index (χ2v) is 5.43. The van der Waals surface area contributed by atoms with Gasteiger partial charge in [-0.2, -0.15) is 0 Å². The van der Waals surface area contributed by atoms with Crippen LogP contribution < -0.4 is 10.6 Å². The normalized spacial score (nSPS) is 11.7. The molecule has 1 aromatic carbocycles. The van der Waals surface area contributed by atoms with Gasteiger partial charge in [0.05, 0.1) is 16.5 Å². The minimum absolute atomic E-state index is 0.108. The highest BCUT2D eigenvalue weighted by atomic mass is 32.1. The van der Waals surface area contributed by atoms with Gasteiger partial charge in [0.1, 0.15) is 0 Å². The summed E-state index contributed by atoms with van der Waals surface area (Å²) in [5.41, 5.74) is 0.703. The molecule has 0 fully saturated rings. The molecule has 1 heterocycles. The van der Waals surface area contributed by atoms with E-state index in [2.05, 4.69) is 10.6 Å². The number of benzene rings is 1. The summed E-state index contributed by atoms with van der Waals surface area (Å²) in [5.74, 6) is -0.344. The average Bonchev–Trinajstić information content (AvgIpc) is 3.00. The molecule has 2 aromatic rings. The van der Waals surface area contributed by atoms with Gasteiger partial charge in [-0.15, -0.1) is 11.3 Å². The number of hydrogen-bond acceptors (Lipinski definition) is 5. The Hall–Kier alpha value is -2.41. The molecule has 21 heavy (non-hydrogen) atoms. The number of nitro groups is 1. The van der Waals surface area contributed by atoms with Gasteiger partial charge < -0.3 is 10.6 Å². The Morgan fingerprint density at radius 3 is 2.71 bits per heavy atom. The molecular formula is C14H15N3O3S. The zero-order chi connectivity index (χ0) is 15.4. The van der Waals surface area contributed by atoms with Crippen LogP contribution in [-0.4, -0.2) is 17.9 Å². The number of hydrogen-bond donors (Lipinski definition) is 2. The Balaban J connectivity index is 2.25. The molecule has 7 heteroatoms. The lowest BCUT2D eigenvalue weighted by Crippen LogP contribution is -2.26. The third-order valence-electron chi connectivity index (χ3n) is 3.05. The number of carbonyl (C=O) groups is 1. The monoisotopic (exact) mass is 305 g/mol. The van der Waals surface area contributed by atoms with Crippen molar-refractivity contribution >= 4 is 28.6 Å². The maximum Gasteiger partial charge on any atom is 0.270 e. The molecule has 0 saturated carbocycles. The van der Waals surface area contributed by atoms with Crippen molar-refractivity contribution in [2.45, 2.75) is 13.0 Å². The number of non-ortho nitro benzene ring substituents is 1. The van der Waals surface area contributed by atoms with Crippen LogP contribution in [-0.2, 0) is 0 Å². The van der Waals surface area contributed by atoms with Crippen molar-refractivity contribution in [2.24, 2.45) is 0 Å². The minimum atomic E-state index is -0.515. The van der Waals surface area contributed by atoms with E-state index in [-0.39, 0.29) is 23.2 Å². The number of thiophene rings is 1. The fourth-order valence-electron chi connectivity index (χ4n) is 1.93. The quantitative estimate of drug-likeness (QED) is 0.656. The standard InChI is InChI=1S/C14H15N3O3S/c1-9(13-4-3-7-21-13)16-14(18)11-8-10(17(19)20)5-6-12(11)15-2/h3-9,15H,1-2H3,(H,16,18). The number of nitro benzene ring substituents is 1.